The average Bonchev–Trinajstić information content (AvgIpc) is 3.06. The summed E-state index contributed by atoms with van der Waals surface area (Å²) in [5, 5.41) is 1.84. The van der Waals surface area contributed by atoms with Crippen LogP contribution in [0, 0.1) is 0 Å². The predicted molar refractivity (Wildman–Crippen MR) is 127 cm³/mol. The first-order chi connectivity index (χ1) is 15.5. The third-order valence-corrected chi connectivity index (χ3v) is 6.36. The molecule has 9 heteroatoms. The Morgan fingerprint density at radius 2 is 1.75 bits per heavy atom. The summed E-state index contributed by atoms with van der Waals surface area (Å²) < 4.78 is 8.90. The monoisotopic (exact) mass is 469 g/mol. The zero-order chi connectivity index (χ0) is 22.2. The highest BCUT2D eigenvalue weighted by molar-refractivity contribution is 6.33. The van der Waals surface area contributed by atoms with Gasteiger partial charge in [-0.1, -0.05) is 29.3 Å². The first-order valence-electron chi connectivity index (χ1n) is 10.3. The number of hydrogen-bond acceptors (Lipinski definition) is 5. The summed E-state index contributed by atoms with van der Waals surface area (Å²) in [4.78, 5) is 24.0. The molecule has 3 heterocycles. The van der Waals surface area contributed by atoms with Gasteiger partial charge in [0.15, 0.2) is 0 Å². The molecule has 1 fully saturated rings. The molecule has 0 radical (unpaired) electrons. The van der Waals surface area contributed by atoms with Crippen LogP contribution in [0.3, 0.4) is 0 Å². The lowest BCUT2D eigenvalue weighted by Gasteiger charge is -2.26. The predicted octanol–water partition coefficient (Wildman–Crippen LogP) is 3.99. The minimum Gasteiger partial charge on any atom is -0.378 e. The number of benzene rings is 2. The van der Waals surface area contributed by atoms with Gasteiger partial charge in [0, 0.05) is 48.1 Å². The molecule has 0 aliphatic carbocycles. The summed E-state index contributed by atoms with van der Waals surface area (Å²) in [5.74, 6) is 0.699. The topological polar surface area (TPSA) is 65.2 Å². The van der Waals surface area contributed by atoms with Crippen molar-refractivity contribution in [2.75, 3.05) is 31.2 Å². The van der Waals surface area contributed by atoms with E-state index < -0.39 is 0 Å². The van der Waals surface area contributed by atoms with Crippen molar-refractivity contribution < 1.29 is 4.74 Å². The van der Waals surface area contributed by atoms with Gasteiger partial charge in [-0.3, -0.25) is 14.2 Å². The van der Waals surface area contributed by atoms with E-state index in [0.29, 0.717) is 41.1 Å². The summed E-state index contributed by atoms with van der Waals surface area (Å²) >= 11 is 12.5. The first-order valence-corrected chi connectivity index (χ1v) is 11.1. The van der Waals surface area contributed by atoms with Crippen molar-refractivity contribution in [3.8, 4) is 11.1 Å². The maximum atomic E-state index is 12.8. The van der Waals surface area contributed by atoms with Gasteiger partial charge in [0.25, 0.3) is 5.56 Å². The van der Waals surface area contributed by atoms with Crippen LogP contribution in [-0.2, 0) is 18.3 Å². The molecule has 5 rings (SSSR count). The number of nitrogens with zero attached hydrogens (tertiary/aromatic N) is 5. The van der Waals surface area contributed by atoms with Crippen LogP contribution in [0.1, 0.15) is 5.56 Å². The lowest BCUT2D eigenvalue weighted by atomic mass is 10.1. The number of morpholine rings is 1. The van der Waals surface area contributed by atoms with Gasteiger partial charge in [-0.2, -0.15) is 0 Å². The minimum absolute atomic E-state index is 0.0661. The van der Waals surface area contributed by atoms with Crippen molar-refractivity contribution in [2.45, 2.75) is 6.54 Å². The Hall–Kier alpha value is -2.87. The zero-order valence-corrected chi connectivity index (χ0v) is 19.0. The Balaban J connectivity index is 1.52. The largest absolute Gasteiger partial charge is 0.378 e. The second kappa shape index (κ2) is 8.58. The molecular weight excluding hydrogens is 449 g/mol. The van der Waals surface area contributed by atoms with Crippen molar-refractivity contribution in [2.24, 2.45) is 7.05 Å². The van der Waals surface area contributed by atoms with Crippen molar-refractivity contribution in [1.29, 1.82) is 0 Å². The molecule has 2 aromatic carbocycles. The molecule has 2 aromatic heterocycles. The van der Waals surface area contributed by atoms with Crippen LogP contribution in [0.15, 0.2) is 53.6 Å². The third kappa shape index (κ3) is 3.88. The van der Waals surface area contributed by atoms with E-state index in [-0.39, 0.29) is 5.56 Å². The summed E-state index contributed by atoms with van der Waals surface area (Å²) in [5.41, 5.74) is 3.40. The van der Waals surface area contributed by atoms with Gasteiger partial charge >= 0.3 is 0 Å². The minimum atomic E-state index is -0.0661. The van der Waals surface area contributed by atoms with Crippen LogP contribution < -0.4 is 10.5 Å². The van der Waals surface area contributed by atoms with Crippen molar-refractivity contribution in [1.82, 2.24) is 19.3 Å². The average molecular weight is 470 g/mol. The van der Waals surface area contributed by atoms with E-state index in [2.05, 4.69) is 14.9 Å². The maximum Gasteiger partial charge on any atom is 0.274 e. The standard InChI is InChI=1S/C23H21Cl2N5O2/c1-28-22(31)19-4-2-15(17-12-26-23(27-13-17)29-6-8-32-9-7-29)11-21(19)30(28)14-16-10-18(24)3-5-20(16)25/h2-5,10-13H,6-9,14H2,1H3. The molecule has 0 N–H and O–H groups in total. The van der Waals surface area contributed by atoms with Crippen LogP contribution in [0.25, 0.3) is 22.0 Å². The Morgan fingerprint density at radius 3 is 2.50 bits per heavy atom. The molecule has 0 spiro atoms. The molecule has 0 bridgehead atoms. The smallest absolute Gasteiger partial charge is 0.274 e. The van der Waals surface area contributed by atoms with Crippen LogP contribution in [0.4, 0.5) is 5.95 Å². The van der Waals surface area contributed by atoms with E-state index in [4.69, 9.17) is 27.9 Å². The van der Waals surface area contributed by atoms with Gasteiger partial charge in [0.2, 0.25) is 5.95 Å². The summed E-state index contributed by atoms with van der Waals surface area (Å²) in [6, 6.07) is 11.1. The molecule has 0 amide bonds. The van der Waals surface area contributed by atoms with Crippen LogP contribution >= 0.6 is 23.2 Å². The quantitative estimate of drug-likeness (QED) is 0.452. The third-order valence-electron chi connectivity index (χ3n) is 5.76. The van der Waals surface area contributed by atoms with Crippen LogP contribution in [0.5, 0.6) is 0 Å². The van der Waals surface area contributed by atoms with Crippen molar-refractivity contribution in [3.05, 3.63) is 74.8 Å². The van der Waals surface area contributed by atoms with Crippen molar-refractivity contribution >= 4 is 40.1 Å². The number of rotatable bonds is 4. The van der Waals surface area contributed by atoms with Crippen LogP contribution in [-0.4, -0.2) is 45.6 Å². The van der Waals surface area contributed by atoms with E-state index in [1.807, 2.05) is 41.3 Å². The van der Waals surface area contributed by atoms with Crippen LogP contribution in [0.2, 0.25) is 10.0 Å². The molecule has 0 unspecified atom stereocenters. The number of hydrogen-bond donors (Lipinski definition) is 0. The number of anilines is 1. The number of fused-ring (bicyclic) bond motifs is 1. The molecule has 164 valence electrons. The molecule has 0 saturated carbocycles. The summed E-state index contributed by atoms with van der Waals surface area (Å²) in [7, 11) is 1.75. The molecule has 7 nitrogen and oxygen atoms in total. The fraction of sp³-hybridized carbons (Fsp3) is 0.261. The second-order valence-electron chi connectivity index (χ2n) is 7.73. The Kier molecular flexibility index (Phi) is 5.63. The Labute approximate surface area is 194 Å². The summed E-state index contributed by atoms with van der Waals surface area (Å²) in [6.07, 6.45) is 3.64. The fourth-order valence-corrected chi connectivity index (χ4v) is 4.34. The van der Waals surface area contributed by atoms with Crippen molar-refractivity contribution in [3.63, 3.8) is 0 Å². The summed E-state index contributed by atoms with van der Waals surface area (Å²) in [6.45, 7) is 3.36. The van der Waals surface area contributed by atoms with Gasteiger partial charge in [0.05, 0.1) is 30.7 Å². The van der Waals surface area contributed by atoms with Gasteiger partial charge in [0.1, 0.15) is 0 Å². The van der Waals surface area contributed by atoms with Gasteiger partial charge < -0.3 is 9.64 Å². The first kappa shape index (κ1) is 21.0. The van der Waals surface area contributed by atoms with Gasteiger partial charge in [-0.25, -0.2) is 9.97 Å². The molecule has 1 aliphatic heterocycles. The normalized spacial score (nSPS) is 14.3. The van der Waals surface area contributed by atoms with E-state index in [9.17, 15) is 4.79 Å². The van der Waals surface area contributed by atoms with E-state index in [1.165, 1.54) is 0 Å². The number of halogens is 2. The zero-order valence-electron chi connectivity index (χ0n) is 17.5. The highest BCUT2D eigenvalue weighted by atomic mass is 35.5. The highest BCUT2D eigenvalue weighted by Gasteiger charge is 2.16. The Bertz CT molecular complexity index is 1340. The van der Waals surface area contributed by atoms with E-state index in [1.54, 1.807) is 23.9 Å². The van der Waals surface area contributed by atoms with E-state index in [0.717, 1.165) is 35.3 Å². The SMILES string of the molecule is Cn1c(=O)c2ccc(-c3cnc(N4CCOCC4)nc3)cc2n1Cc1cc(Cl)ccc1Cl. The molecule has 4 aromatic rings. The molecule has 0 atom stereocenters. The second-order valence-corrected chi connectivity index (χ2v) is 8.57. The lowest BCUT2D eigenvalue weighted by Crippen LogP contribution is -2.37. The highest BCUT2D eigenvalue weighted by Crippen LogP contribution is 2.26. The van der Waals surface area contributed by atoms with Gasteiger partial charge in [-0.05, 0) is 41.5 Å². The fourth-order valence-electron chi connectivity index (χ4n) is 3.97. The lowest BCUT2D eigenvalue weighted by molar-refractivity contribution is 0.122. The number of ether oxygens (including phenoxy) is 1. The molecule has 1 saturated heterocycles. The molecular formula is C23H21Cl2N5O2. The Morgan fingerprint density at radius 1 is 1.00 bits per heavy atom. The molecule has 32 heavy (non-hydrogen) atoms. The maximum absolute atomic E-state index is 12.8. The van der Waals surface area contributed by atoms with Gasteiger partial charge in [-0.15, -0.1) is 0 Å². The van der Waals surface area contributed by atoms with E-state index >= 15 is 0 Å². The molecule has 1 aliphatic rings. The number of aromatic nitrogens is 4.